The Morgan fingerprint density at radius 2 is 1.91 bits per heavy atom. The lowest BCUT2D eigenvalue weighted by atomic mass is 9.98. The van der Waals surface area contributed by atoms with Gasteiger partial charge in [-0.05, 0) is 24.6 Å². The maximum absolute atomic E-state index is 14.9. The maximum Gasteiger partial charge on any atom is 0.171 e. The monoisotopic (exact) mass is 460 g/mol. The molecule has 0 fully saturated rings. The SMILES string of the molecule is C=CN1C=C(c2c(F)ccc(N=[N+](C)[O-])c2F)C=C/C1=C(/CCC)C1=CNNN1.CC.CC. The molecule has 9 heteroatoms. The fraction of sp³-hybridized carbons (Fsp3) is 0.333. The molecule has 2 aliphatic heterocycles. The van der Waals surface area contributed by atoms with Gasteiger partial charge in [0.05, 0.1) is 17.0 Å². The molecule has 0 bridgehead atoms. The molecule has 0 aromatic heterocycles. The molecule has 0 saturated carbocycles. The number of nitrogens with one attached hydrogen (secondary N) is 3. The molecule has 0 amide bonds. The lowest BCUT2D eigenvalue weighted by Gasteiger charge is -2.26. The second-order valence-electron chi connectivity index (χ2n) is 6.39. The van der Waals surface area contributed by atoms with Crippen molar-refractivity contribution in [1.29, 1.82) is 0 Å². The molecule has 1 aromatic rings. The molecule has 2 heterocycles. The van der Waals surface area contributed by atoms with Gasteiger partial charge in [0, 0.05) is 34.9 Å². The van der Waals surface area contributed by atoms with E-state index in [9.17, 15) is 14.0 Å². The first-order valence-electron chi connectivity index (χ1n) is 11.1. The van der Waals surface area contributed by atoms with Crippen LogP contribution in [-0.4, -0.2) is 16.8 Å². The van der Waals surface area contributed by atoms with Crippen LogP contribution in [0, 0.1) is 16.8 Å². The Balaban J connectivity index is 0.00000129. The third-order valence-electron chi connectivity index (χ3n) is 4.40. The summed E-state index contributed by atoms with van der Waals surface area (Å²) in [6.45, 7) is 13.9. The Morgan fingerprint density at radius 3 is 2.45 bits per heavy atom. The Labute approximate surface area is 195 Å². The van der Waals surface area contributed by atoms with Crippen molar-refractivity contribution in [1.82, 2.24) is 21.3 Å². The Bertz CT molecular complexity index is 975. The van der Waals surface area contributed by atoms with Gasteiger partial charge in [0.2, 0.25) is 0 Å². The van der Waals surface area contributed by atoms with E-state index in [1.807, 2.05) is 27.7 Å². The van der Waals surface area contributed by atoms with Crippen molar-refractivity contribution >= 4 is 11.3 Å². The van der Waals surface area contributed by atoms with E-state index in [1.54, 1.807) is 35.7 Å². The van der Waals surface area contributed by atoms with Crippen LogP contribution >= 0.6 is 0 Å². The van der Waals surface area contributed by atoms with Crippen molar-refractivity contribution in [2.75, 3.05) is 7.05 Å². The van der Waals surface area contributed by atoms with Crippen LogP contribution < -0.4 is 16.4 Å². The number of allylic oxidation sites excluding steroid dienone is 4. The molecule has 180 valence electrons. The zero-order chi connectivity index (χ0) is 25.0. The van der Waals surface area contributed by atoms with E-state index in [2.05, 4.69) is 35.0 Å². The Morgan fingerprint density at radius 1 is 1.21 bits per heavy atom. The number of hydroxylamine groups is 1. The highest BCUT2D eigenvalue weighted by molar-refractivity contribution is 5.78. The van der Waals surface area contributed by atoms with Crippen molar-refractivity contribution in [2.24, 2.45) is 5.11 Å². The van der Waals surface area contributed by atoms with Crippen molar-refractivity contribution in [3.05, 3.63) is 88.8 Å². The number of nitrogens with zero attached hydrogens (tertiary/aromatic N) is 3. The lowest BCUT2D eigenvalue weighted by Crippen LogP contribution is -2.32. The Hall–Kier alpha value is -3.46. The number of rotatable bonds is 6. The van der Waals surface area contributed by atoms with Gasteiger partial charge in [0.25, 0.3) is 0 Å². The third-order valence-corrected chi connectivity index (χ3v) is 4.40. The van der Waals surface area contributed by atoms with Gasteiger partial charge in [-0.15, -0.1) is 0 Å². The molecule has 3 N–H and O–H groups in total. The van der Waals surface area contributed by atoms with Crippen LogP contribution in [0.3, 0.4) is 0 Å². The number of hydrogen-bond donors (Lipinski definition) is 3. The summed E-state index contributed by atoms with van der Waals surface area (Å²) in [5, 5.41) is 14.7. The summed E-state index contributed by atoms with van der Waals surface area (Å²) in [6, 6.07) is 2.22. The molecule has 33 heavy (non-hydrogen) atoms. The molecule has 0 radical (unpaired) electrons. The molecule has 7 nitrogen and oxygen atoms in total. The summed E-state index contributed by atoms with van der Waals surface area (Å²) in [5.74, 6) is -1.65. The predicted octanol–water partition coefficient (Wildman–Crippen LogP) is 6.11. The maximum atomic E-state index is 14.9. The highest BCUT2D eigenvalue weighted by atomic mass is 19.1. The summed E-state index contributed by atoms with van der Waals surface area (Å²) in [6.07, 6.45) is 10.1. The fourth-order valence-electron chi connectivity index (χ4n) is 3.17. The van der Waals surface area contributed by atoms with Crippen LogP contribution in [0.4, 0.5) is 14.5 Å². The van der Waals surface area contributed by atoms with E-state index in [0.29, 0.717) is 5.57 Å². The first kappa shape index (κ1) is 27.6. The largest absolute Gasteiger partial charge is 0.600 e. The van der Waals surface area contributed by atoms with Gasteiger partial charge < -0.3 is 21.0 Å². The number of azo groups is 1. The van der Waals surface area contributed by atoms with E-state index in [1.165, 1.54) is 0 Å². The van der Waals surface area contributed by atoms with E-state index in [4.69, 9.17) is 0 Å². The van der Waals surface area contributed by atoms with E-state index in [-0.39, 0.29) is 16.1 Å². The topological polar surface area (TPSA) is 77.8 Å². The fourth-order valence-corrected chi connectivity index (χ4v) is 3.17. The zero-order valence-electron chi connectivity index (χ0n) is 20.2. The van der Waals surface area contributed by atoms with Gasteiger partial charge in [0.15, 0.2) is 18.6 Å². The van der Waals surface area contributed by atoms with Gasteiger partial charge in [-0.2, -0.15) is 5.53 Å². The molecule has 1 aromatic carbocycles. The number of halogens is 2. The quantitative estimate of drug-likeness (QED) is 0.271. The standard InChI is InChI=1S/C20H22F2N6O.2C2H6/c1-4-6-14(17-11-23-26-24-17)18-10-7-13(12-28(18)5-2)19-15(21)8-9-16(20(19)22)25-27(3)29;2*1-2/h5,7-12,23-24,26H,2,4,6H2,1,3H3;2*1-2H3/b18-14+,27-25?;;. The summed E-state index contributed by atoms with van der Waals surface area (Å²) < 4.78 is 29.3. The minimum atomic E-state index is -0.901. The van der Waals surface area contributed by atoms with Crippen LogP contribution in [0.25, 0.3) is 5.57 Å². The van der Waals surface area contributed by atoms with Gasteiger partial charge in [-0.3, -0.25) is 0 Å². The molecular formula is C24H34F2N6O. The normalized spacial score (nSPS) is 16.2. The van der Waals surface area contributed by atoms with Crippen LogP contribution in [0.1, 0.15) is 53.0 Å². The molecule has 0 aliphatic carbocycles. The average Bonchev–Trinajstić information content (AvgIpc) is 3.36. The highest BCUT2D eigenvalue weighted by Gasteiger charge is 2.23. The van der Waals surface area contributed by atoms with Crippen LogP contribution in [-0.2, 0) is 0 Å². The molecule has 2 aliphatic rings. The van der Waals surface area contributed by atoms with Crippen molar-refractivity contribution < 1.29 is 13.6 Å². The first-order chi connectivity index (χ1) is 16.0. The number of benzene rings is 1. The van der Waals surface area contributed by atoms with Crippen LogP contribution in [0.2, 0.25) is 0 Å². The van der Waals surface area contributed by atoms with Crippen molar-refractivity contribution in [3.8, 4) is 0 Å². The second kappa shape index (κ2) is 13.8. The molecule has 0 spiro atoms. The summed E-state index contributed by atoms with van der Waals surface area (Å²) in [5.41, 5.74) is 11.2. The van der Waals surface area contributed by atoms with E-state index in [0.717, 1.165) is 49.0 Å². The third kappa shape index (κ3) is 6.76. The smallest absolute Gasteiger partial charge is 0.171 e. The molecule has 0 saturated heterocycles. The van der Waals surface area contributed by atoms with E-state index < -0.39 is 11.6 Å². The van der Waals surface area contributed by atoms with Crippen LogP contribution in [0.15, 0.2) is 71.5 Å². The Kier molecular flexibility index (Phi) is 11.6. The highest BCUT2D eigenvalue weighted by Crippen LogP contribution is 2.34. The first-order valence-corrected chi connectivity index (χ1v) is 11.1. The average molecular weight is 461 g/mol. The second-order valence-corrected chi connectivity index (χ2v) is 6.39. The molecule has 3 rings (SSSR count). The molecule has 0 unspecified atom stereocenters. The van der Waals surface area contributed by atoms with Gasteiger partial charge in [0.1, 0.15) is 5.82 Å². The van der Waals surface area contributed by atoms with Gasteiger partial charge in [-0.25, -0.2) is 8.78 Å². The molecular weight excluding hydrogens is 426 g/mol. The number of hydrazine groups is 2. The van der Waals surface area contributed by atoms with E-state index >= 15 is 0 Å². The minimum Gasteiger partial charge on any atom is -0.600 e. The predicted molar refractivity (Wildman–Crippen MR) is 129 cm³/mol. The van der Waals surface area contributed by atoms with Crippen molar-refractivity contribution in [2.45, 2.75) is 47.5 Å². The zero-order valence-corrected chi connectivity index (χ0v) is 20.2. The van der Waals surface area contributed by atoms with Crippen LogP contribution in [0.5, 0.6) is 0 Å². The summed E-state index contributed by atoms with van der Waals surface area (Å²) >= 11 is 0. The number of hydrogen-bond acceptors (Lipinski definition) is 6. The van der Waals surface area contributed by atoms with Gasteiger partial charge in [-0.1, -0.05) is 58.6 Å². The lowest BCUT2D eigenvalue weighted by molar-refractivity contribution is -0.493. The summed E-state index contributed by atoms with van der Waals surface area (Å²) in [4.78, 5) is 1.94. The van der Waals surface area contributed by atoms with Crippen molar-refractivity contribution in [3.63, 3.8) is 0 Å². The minimum absolute atomic E-state index is 0.226. The van der Waals surface area contributed by atoms with Gasteiger partial charge >= 0.3 is 0 Å². The summed E-state index contributed by atoms with van der Waals surface area (Å²) in [7, 11) is 1.13. The molecule has 0 atom stereocenters.